The Morgan fingerprint density at radius 3 is 1.58 bits per heavy atom. The summed E-state index contributed by atoms with van der Waals surface area (Å²) in [6.45, 7) is 0. The number of imide groups is 1. The molecular weight excluding hydrogens is 588 g/mol. The maximum absolute atomic E-state index is 14.6. The third kappa shape index (κ3) is 4.38. The minimum Gasteiger partial charge on any atom is -0.308 e. The van der Waals surface area contributed by atoms with Crippen molar-refractivity contribution in [3.8, 4) is 39.1 Å². The third-order valence-corrected chi connectivity index (χ3v) is 9.30. The van der Waals surface area contributed by atoms with Crippen molar-refractivity contribution in [1.29, 1.82) is 0 Å². The first-order valence-corrected chi connectivity index (χ1v) is 16.0. The Morgan fingerprint density at radius 2 is 0.938 bits per heavy atom. The van der Waals surface area contributed by atoms with Gasteiger partial charge in [0.15, 0.2) is 0 Å². The second kappa shape index (κ2) is 11.1. The highest BCUT2D eigenvalue weighted by molar-refractivity contribution is 6.36. The molecule has 0 unspecified atom stereocenters. The molecule has 0 atom stereocenters. The fraction of sp³-hybridized carbons (Fsp3) is 0. The van der Waals surface area contributed by atoms with E-state index >= 15 is 0 Å². The van der Waals surface area contributed by atoms with Crippen molar-refractivity contribution < 1.29 is 9.59 Å². The topological polar surface area (TPSA) is 42.3 Å². The Morgan fingerprint density at radius 1 is 0.375 bits per heavy atom. The molecule has 4 nitrogen and oxygen atoms in total. The van der Waals surface area contributed by atoms with Crippen LogP contribution < -0.4 is 4.90 Å². The zero-order chi connectivity index (χ0) is 32.2. The average molecular weight is 617 g/mol. The standard InChI is InChI=1S/C44H28N2O2/c47-43-37-20-12-22-41(46-39-21-11-10-19-36(39)38-28-32(23-24-40(38)46)29-13-4-1-5-14-29)42(37)44(48)45(43)35-26-33(30-15-6-2-7-16-30)25-34(27-35)31-17-8-3-9-18-31/h1-28H. The molecular formula is C44H28N2O2. The molecule has 9 rings (SSSR count). The molecule has 48 heavy (non-hydrogen) atoms. The number of carbonyl (C=O) groups is 2. The lowest BCUT2D eigenvalue weighted by atomic mass is 9.97. The van der Waals surface area contributed by atoms with E-state index in [1.54, 1.807) is 6.07 Å². The number of nitrogens with zero attached hydrogens (tertiary/aromatic N) is 2. The molecule has 0 aliphatic carbocycles. The first-order chi connectivity index (χ1) is 23.7. The van der Waals surface area contributed by atoms with Crippen molar-refractivity contribution in [3.63, 3.8) is 0 Å². The fourth-order valence-corrected chi connectivity index (χ4v) is 7.07. The van der Waals surface area contributed by atoms with E-state index in [4.69, 9.17) is 0 Å². The van der Waals surface area contributed by atoms with E-state index in [1.807, 2.05) is 115 Å². The van der Waals surface area contributed by atoms with Crippen LogP contribution in [-0.4, -0.2) is 16.4 Å². The number of fused-ring (bicyclic) bond motifs is 4. The van der Waals surface area contributed by atoms with E-state index in [2.05, 4.69) is 53.1 Å². The molecule has 7 aromatic carbocycles. The number of carbonyl (C=O) groups excluding carboxylic acids is 2. The van der Waals surface area contributed by atoms with Gasteiger partial charge in [0.05, 0.1) is 33.5 Å². The summed E-state index contributed by atoms with van der Waals surface area (Å²) < 4.78 is 2.13. The van der Waals surface area contributed by atoms with Crippen LogP contribution in [-0.2, 0) is 0 Å². The van der Waals surface area contributed by atoms with E-state index in [0.29, 0.717) is 22.5 Å². The summed E-state index contributed by atoms with van der Waals surface area (Å²) >= 11 is 0. The van der Waals surface area contributed by atoms with Gasteiger partial charge in [0.2, 0.25) is 0 Å². The lowest BCUT2D eigenvalue weighted by molar-refractivity contribution is 0.0926. The Hall–Kier alpha value is -6.52. The van der Waals surface area contributed by atoms with Gasteiger partial charge in [0.1, 0.15) is 0 Å². The van der Waals surface area contributed by atoms with Gasteiger partial charge in [-0.25, -0.2) is 4.90 Å². The zero-order valence-corrected chi connectivity index (χ0v) is 25.9. The number of hydrogen-bond acceptors (Lipinski definition) is 2. The molecule has 0 bridgehead atoms. The maximum atomic E-state index is 14.6. The molecule has 0 saturated carbocycles. The predicted molar refractivity (Wildman–Crippen MR) is 195 cm³/mol. The summed E-state index contributed by atoms with van der Waals surface area (Å²) in [7, 11) is 0. The highest BCUT2D eigenvalue weighted by Crippen LogP contribution is 2.40. The van der Waals surface area contributed by atoms with Gasteiger partial charge in [-0.05, 0) is 81.9 Å². The van der Waals surface area contributed by atoms with Gasteiger partial charge in [-0.3, -0.25) is 9.59 Å². The molecule has 0 saturated heterocycles. The van der Waals surface area contributed by atoms with Crippen LogP contribution in [0.4, 0.5) is 5.69 Å². The number of anilines is 1. The second-order valence-electron chi connectivity index (χ2n) is 12.1. The highest BCUT2D eigenvalue weighted by atomic mass is 16.2. The van der Waals surface area contributed by atoms with Gasteiger partial charge in [-0.2, -0.15) is 0 Å². The molecule has 226 valence electrons. The average Bonchev–Trinajstić information content (AvgIpc) is 3.62. The van der Waals surface area contributed by atoms with E-state index in [0.717, 1.165) is 55.2 Å². The highest BCUT2D eigenvalue weighted by Gasteiger charge is 2.39. The first-order valence-electron chi connectivity index (χ1n) is 16.0. The molecule has 0 fully saturated rings. The third-order valence-electron chi connectivity index (χ3n) is 9.30. The molecule has 4 heteroatoms. The molecule has 1 aromatic heterocycles. The maximum Gasteiger partial charge on any atom is 0.268 e. The van der Waals surface area contributed by atoms with Crippen LogP contribution in [0.5, 0.6) is 0 Å². The van der Waals surface area contributed by atoms with Gasteiger partial charge in [0.25, 0.3) is 11.8 Å². The number of aromatic nitrogens is 1. The molecule has 0 spiro atoms. The molecule has 8 aromatic rings. The van der Waals surface area contributed by atoms with Gasteiger partial charge in [0, 0.05) is 10.8 Å². The molecule has 0 radical (unpaired) electrons. The van der Waals surface area contributed by atoms with E-state index in [-0.39, 0.29) is 11.8 Å². The van der Waals surface area contributed by atoms with Gasteiger partial charge in [-0.1, -0.05) is 121 Å². The number of hydrogen-bond donors (Lipinski definition) is 0. The Bertz CT molecular complexity index is 2480. The molecule has 1 aliphatic heterocycles. The monoisotopic (exact) mass is 616 g/mol. The summed E-state index contributed by atoms with van der Waals surface area (Å²) in [5.74, 6) is -0.658. The van der Waals surface area contributed by atoms with E-state index in [1.165, 1.54) is 4.90 Å². The number of rotatable bonds is 5. The van der Waals surface area contributed by atoms with Crippen LogP contribution in [0.25, 0.3) is 60.9 Å². The lowest BCUT2D eigenvalue weighted by Gasteiger charge is -2.18. The Labute approximate surface area is 277 Å². The van der Waals surface area contributed by atoms with Crippen molar-refractivity contribution in [3.05, 3.63) is 181 Å². The normalized spacial score (nSPS) is 12.6. The molecule has 0 N–H and O–H groups in total. The minimum atomic E-state index is -0.332. The van der Waals surface area contributed by atoms with Crippen LogP contribution in [0.2, 0.25) is 0 Å². The van der Waals surface area contributed by atoms with Gasteiger partial charge in [-0.15, -0.1) is 0 Å². The second-order valence-corrected chi connectivity index (χ2v) is 12.1. The quantitative estimate of drug-likeness (QED) is 0.181. The summed E-state index contributed by atoms with van der Waals surface area (Å²) in [5.41, 5.74) is 10.1. The number of amides is 2. The minimum absolute atomic E-state index is 0.326. The first kappa shape index (κ1) is 27.8. The lowest BCUT2D eigenvalue weighted by Crippen LogP contribution is -2.29. The summed E-state index contributed by atoms with van der Waals surface area (Å²) in [6.07, 6.45) is 0. The Kier molecular flexibility index (Phi) is 6.41. The van der Waals surface area contributed by atoms with E-state index < -0.39 is 0 Å². The Balaban J connectivity index is 1.22. The van der Waals surface area contributed by atoms with Crippen LogP contribution >= 0.6 is 0 Å². The van der Waals surface area contributed by atoms with Crippen LogP contribution in [0.1, 0.15) is 20.7 Å². The molecule has 1 aliphatic rings. The molecule has 2 amide bonds. The summed E-state index contributed by atoms with van der Waals surface area (Å²) in [4.78, 5) is 30.2. The van der Waals surface area contributed by atoms with Crippen molar-refractivity contribution >= 4 is 39.3 Å². The van der Waals surface area contributed by atoms with Crippen molar-refractivity contribution in [2.75, 3.05) is 4.90 Å². The largest absolute Gasteiger partial charge is 0.308 e. The van der Waals surface area contributed by atoms with Gasteiger partial charge >= 0.3 is 0 Å². The number of benzene rings is 7. The summed E-state index contributed by atoms with van der Waals surface area (Å²) in [6, 6.07) is 56.7. The SMILES string of the molecule is O=C1c2cccc(-n3c4ccccc4c4cc(-c5ccccc5)ccc43)c2C(=O)N1c1cc(-c2ccccc2)cc(-c2ccccc2)c1. The van der Waals surface area contributed by atoms with E-state index in [9.17, 15) is 9.59 Å². The van der Waals surface area contributed by atoms with Crippen molar-refractivity contribution in [2.24, 2.45) is 0 Å². The fourth-order valence-electron chi connectivity index (χ4n) is 7.07. The van der Waals surface area contributed by atoms with Crippen molar-refractivity contribution in [1.82, 2.24) is 4.57 Å². The van der Waals surface area contributed by atoms with Gasteiger partial charge < -0.3 is 4.57 Å². The zero-order valence-electron chi connectivity index (χ0n) is 25.9. The predicted octanol–water partition coefficient (Wildman–Crippen LogP) is 10.6. The smallest absolute Gasteiger partial charge is 0.268 e. The number of para-hydroxylation sites is 1. The van der Waals surface area contributed by atoms with Crippen LogP contribution in [0.15, 0.2) is 170 Å². The van der Waals surface area contributed by atoms with Crippen LogP contribution in [0.3, 0.4) is 0 Å². The van der Waals surface area contributed by atoms with Crippen molar-refractivity contribution in [2.45, 2.75) is 0 Å². The molecule has 2 heterocycles. The summed E-state index contributed by atoms with van der Waals surface area (Å²) in [5, 5.41) is 2.17. The van der Waals surface area contributed by atoms with Crippen LogP contribution in [0, 0.1) is 0 Å².